The summed E-state index contributed by atoms with van der Waals surface area (Å²) in [6, 6.07) is 3.88. The van der Waals surface area contributed by atoms with Gasteiger partial charge in [-0.1, -0.05) is 22.0 Å². The Kier molecular flexibility index (Phi) is 4.93. The SMILES string of the molecule is O=C(NC(CC(F)(F)F)C(=O)O)c1cccc(Br)c1. The number of rotatable bonds is 4. The number of alkyl halides is 3. The molecule has 1 unspecified atom stereocenters. The van der Waals surface area contributed by atoms with Gasteiger partial charge in [-0.25, -0.2) is 4.79 Å². The Balaban J connectivity index is 2.80. The van der Waals surface area contributed by atoms with Gasteiger partial charge in [0.25, 0.3) is 5.91 Å². The zero-order valence-electron chi connectivity index (χ0n) is 9.37. The summed E-state index contributed by atoms with van der Waals surface area (Å²) in [7, 11) is 0. The molecule has 0 bridgehead atoms. The van der Waals surface area contributed by atoms with Crippen molar-refractivity contribution in [2.75, 3.05) is 0 Å². The van der Waals surface area contributed by atoms with Crippen molar-refractivity contribution in [2.24, 2.45) is 0 Å². The number of nitrogens with one attached hydrogen (secondary N) is 1. The molecular weight excluding hydrogens is 331 g/mol. The first-order chi connectivity index (χ1) is 8.69. The standard InChI is InChI=1S/C11H9BrF3NO3/c12-7-3-1-2-6(4-7)9(17)16-8(10(18)19)5-11(13,14)15/h1-4,8H,5H2,(H,16,17)(H,18,19). The first-order valence-electron chi connectivity index (χ1n) is 5.05. The average molecular weight is 340 g/mol. The van der Waals surface area contributed by atoms with E-state index >= 15 is 0 Å². The summed E-state index contributed by atoms with van der Waals surface area (Å²) in [5.74, 6) is -2.61. The minimum Gasteiger partial charge on any atom is -0.480 e. The van der Waals surface area contributed by atoms with Gasteiger partial charge in [-0.2, -0.15) is 13.2 Å². The molecule has 0 radical (unpaired) electrons. The zero-order valence-corrected chi connectivity index (χ0v) is 11.0. The maximum absolute atomic E-state index is 12.2. The maximum Gasteiger partial charge on any atom is 0.391 e. The largest absolute Gasteiger partial charge is 0.480 e. The van der Waals surface area contributed by atoms with Crippen LogP contribution in [0.4, 0.5) is 13.2 Å². The van der Waals surface area contributed by atoms with E-state index in [4.69, 9.17) is 5.11 Å². The molecule has 1 aromatic rings. The summed E-state index contributed by atoms with van der Waals surface area (Å²) in [5, 5.41) is 10.5. The summed E-state index contributed by atoms with van der Waals surface area (Å²) in [6.45, 7) is 0. The molecule has 8 heteroatoms. The summed E-state index contributed by atoms with van der Waals surface area (Å²) in [5.41, 5.74) is 0.0720. The molecule has 104 valence electrons. The molecule has 0 aliphatic rings. The van der Waals surface area contributed by atoms with E-state index in [9.17, 15) is 22.8 Å². The third-order valence-corrected chi connectivity index (χ3v) is 2.62. The highest BCUT2D eigenvalue weighted by atomic mass is 79.9. The molecule has 0 spiro atoms. The first kappa shape index (κ1) is 15.5. The fourth-order valence-electron chi connectivity index (χ4n) is 1.30. The van der Waals surface area contributed by atoms with Gasteiger partial charge in [0.15, 0.2) is 0 Å². The van der Waals surface area contributed by atoms with Crippen LogP contribution in [0.2, 0.25) is 0 Å². The van der Waals surface area contributed by atoms with E-state index < -0.39 is 30.5 Å². The summed E-state index contributed by atoms with van der Waals surface area (Å²) in [4.78, 5) is 22.3. The van der Waals surface area contributed by atoms with Crippen LogP contribution in [0.3, 0.4) is 0 Å². The summed E-state index contributed by atoms with van der Waals surface area (Å²) < 4.78 is 37.0. The van der Waals surface area contributed by atoms with Gasteiger partial charge >= 0.3 is 12.1 Å². The molecule has 1 rings (SSSR count). The van der Waals surface area contributed by atoms with Crippen LogP contribution in [-0.2, 0) is 4.79 Å². The van der Waals surface area contributed by atoms with E-state index in [1.165, 1.54) is 18.2 Å². The molecular formula is C11H9BrF3NO3. The van der Waals surface area contributed by atoms with Crippen LogP contribution in [0.1, 0.15) is 16.8 Å². The number of carboxylic acids is 1. The van der Waals surface area contributed by atoms with Crippen LogP contribution in [0.5, 0.6) is 0 Å². The van der Waals surface area contributed by atoms with Gasteiger partial charge in [-0.15, -0.1) is 0 Å². The molecule has 0 aliphatic heterocycles. The number of carboxylic acid groups (broad SMARTS) is 1. The molecule has 1 atom stereocenters. The van der Waals surface area contributed by atoms with Gasteiger partial charge in [0, 0.05) is 10.0 Å². The molecule has 0 heterocycles. The van der Waals surface area contributed by atoms with Crippen molar-refractivity contribution >= 4 is 27.8 Å². The first-order valence-corrected chi connectivity index (χ1v) is 5.84. The fraction of sp³-hybridized carbons (Fsp3) is 0.273. The highest BCUT2D eigenvalue weighted by molar-refractivity contribution is 9.10. The highest BCUT2D eigenvalue weighted by Crippen LogP contribution is 2.22. The minimum absolute atomic E-state index is 0.0720. The molecule has 4 nitrogen and oxygen atoms in total. The van der Waals surface area contributed by atoms with Gasteiger partial charge in [-0.05, 0) is 18.2 Å². The second-order valence-corrected chi connectivity index (χ2v) is 4.61. The number of amides is 1. The lowest BCUT2D eigenvalue weighted by atomic mass is 10.1. The predicted octanol–water partition coefficient (Wildman–Crippen LogP) is 2.58. The van der Waals surface area contributed by atoms with Crippen molar-refractivity contribution < 1.29 is 27.9 Å². The van der Waals surface area contributed by atoms with Gasteiger partial charge < -0.3 is 10.4 Å². The molecule has 19 heavy (non-hydrogen) atoms. The molecule has 0 aliphatic carbocycles. The van der Waals surface area contributed by atoms with Crippen LogP contribution in [0, 0.1) is 0 Å². The summed E-state index contributed by atoms with van der Waals surface area (Å²) in [6.07, 6.45) is -6.30. The Bertz CT molecular complexity index is 490. The second kappa shape index (κ2) is 6.05. The predicted molar refractivity (Wildman–Crippen MR) is 63.7 cm³/mol. The van der Waals surface area contributed by atoms with Crippen molar-refractivity contribution in [1.82, 2.24) is 5.32 Å². The molecule has 0 aromatic heterocycles. The van der Waals surface area contributed by atoms with Crippen LogP contribution in [0.15, 0.2) is 28.7 Å². The van der Waals surface area contributed by atoms with E-state index in [1.807, 2.05) is 5.32 Å². The number of aliphatic carboxylic acids is 1. The van der Waals surface area contributed by atoms with Gasteiger partial charge in [0.05, 0.1) is 6.42 Å². The van der Waals surface area contributed by atoms with E-state index in [0.29, 0.717) is 4.47 Å². The molecule has 1 aromatic carbocycles. The highest BCUT2D eigenvalue weighted by Gasteiger charge is 2.36. The smallest absolute Gasteiger partial charge is 0.391 e. The topological polar surface area (TPSA) is 66.4 Å². The number of halogens is 4. The van der Waals surface area contributed by atoms with Crippen molar-refractivity contribution in [3.8, 4) is 0 Å². The van der Waals surface area contributed by atoms with Crippen molar-refractivity contribution in [3.05, 3.63) is 34.3 Å². The minimum atomic E-state index is -4.67. The summed E-state index contributed by atoms with van der Waals surface area (Å²) >= 11 is 3.10. The van der Waals surface area contributed by atoms with Crippen molar-refractivity contribution in [3.63, 3.8) is 0 Å². The Morgan fingerprint density at radius 2 is 2.00 bits per heavy atom. The van der Waals surface area contributed by atoms with Crippen molar-refractivity contribution in [2.45, 2.75) is 18.6 Å². The lowest BCUT2D eigenvalue weighted by Gasteiger charge is -2.16. The third kappa shape index (κ3) is 5.29. The maximum atomic E-state index is 12.2. The van der Waals surface area contributed by atoms with Crippen molar-refractivity contribution in [1.29, 1.82) is 0 Å². The normalized spacial score (nSPS) is 12.8. The van der Waals surface area contributed by atoms with Crippen LogP contribution >= 0.6 is 15.9 Å². The molecule has 0 saturated heterocycles. The monoisotopic (exact) mass is 339 g/mol. The quantitative estimate of drug-likeness (QED) is 0.885. The number of hydrogen-bond acceptors (Lipinski definition) is 2. The average Bonchev–Trinajstić information content (AvgIpc) is 2.26. The molecule has 2 N–H and O–H groups in total. The molecule has 0 fully saturated rings. The number of hydrogen-bond donors (Lipinski definition) is 2. The number of benzene rings is 1. The number of carbonyl (C=O) groups is 2. The third-order valence-electron chi connectivity index (χ3n) is 2.13. The Hall–Kier alpha value is -1.57. The van der Waals surface area contributed by atoms with Gasteiger partial charge in [0.2, 0.25) is 0 Å². The second-order valence-electron chi connectivity index (χ2n) is 3.69. The van der Waals surface area contributed by atoms with E-state index in [-0.39, 0.29) is 5.56 Å². The van der Waals surface area contributed by atoms with Gasteiger partial charge in [0.1, 0.15) is 6.04 Å². The zero-order chi connectivity index (χ0) is 14.6. The van der Waals surface area contributed by atoms with Crippen LogP contribution < -0.4 is 5.32 Å². The Morgan fingerprint density at radius 1 is 1.37 bits per heavy atom. The van der Waals surface area contributed by atoms with E-state index in [0.717, 1.165) is 0 Å². The van der Waals surface area contributed by atoms with E-state index in [2.05, 4.69) is 15.9 Å². The number of carbonyl (C=O) groups excluding carboxylic acids is 1. The molecule has 1 amide bonds. The van der Waals surface area contributed by atoms with Gasteiger partial charge in [-0.3, -0.25) is 4.79 Å². The van der Waals surface area contributed by atoms with E-state index in [1.54, 1.807) is 6.07 Å². The molecule has 0 saturated carbocycles. The Labute approximate surface area is 114 Å². The fourth-order valence-corrected chi connectivity index (χ4v) is 1.70. The van der Waals surface area contributed by atoms with Crippen LogP contribution in [-0.4, -0.2) is 29.2 Å². The lowest BCUT2D eigenvalue weighted by Crippen LogP contribution is -2.43. The Morgan fingerprint density at radius 3 is 2.47 bits per heavy atom. The lowest BCUT2D eigenvalue weighted by molar-refractivity contribution is -0.157. The van der Waals surface area contributed by atoms with Crippen LogP contribution in [0.25, 0.3) is 0 Å².